The Morgan fingerprint density at radius 1 is 1.32 bits per heavy atom. The number of carbonyl (C=O) groups is 2. The third-order valence-corrected chi connectivity index (χ3v) is 3.72. The van der Waals surface area contributed by atoms with Gasteiger partial charge in [0.15, 0.2) is 0 Å². The predicted octanol–water partition coefficient (Wildman–Crippen LogP) is 2.51. The van der Waals surface area contributed by atoms with E-state index in [1.807, 2.05) is 6.92 Å². The number of rotatable bonds is 8. The maximum Gasteiger partial charge on any atom is 0.314 e. The third kappa shape index (κ3) is 7.70. The minimum atomic E-state index is -0.784. The normalized spacial score (nSPS) is 17.1. The van der Waals surface area contributed by atoms with Crippen molar-refractivity contribution < 1.29 is 14.7 Å². The van der Waals surface area contributed by atoms with Gasteiger partial charge in [0.1, 0.15) is 0 Å². The molecule has 1 fully saturated rings. The van der Waals surface area contributed by atoms with E-state index in [1.165, 1.54) is 25.7 Å². The summed E-state index contributed by atoms with van der Waals surface area (Å²) in [7, 11) is 0. The summed E-state index contributed by atoms with van der Waals surface area (Å²) >= 11 is 0. The van der Waals surface area contributed by atoms with Gasteiger partial charge < -0.3 is 15.7 Å². The molecule has 1 rings (SSSR count). The van der Waals surface area contributed by atoms with Crippen LogP contribution in [0.1, 0.15) is 58.3 Å². The summed E-state index contributed by atoms with van der Waals surface area (Å²) in [4.78, 5) is 22.0. The smallest absolute Gasteiger partial charge is 0.314 e. The molecule has 5 heteroatoms. The second kappa shape index (κ2) is 8.77. The molecule has 0 saturated heterocycles. The monoisotopic (exact) mass is 270 g/mol. The number of carboxylic acids is 1. The fourth-order valence-corrected chi connectivity index (χ4v) is 2.60. The first-order valence-electron chi connectivity index (χ1n) is 7.34. The molecule has 0 bridgehead atoms. The molecule has 0 aromatic heterocycles. The molecule has 5 nitrogen and oxygen atoms in total. The molecular formula is C14H26N2O3. The van der Waals surface area contributed by atoms with Crippen LogP contribution < -0.4 is 10.6 Å². The van der Waals surface area contributed by atoms with Crippen LogP contribution in [0.3, 0.4) is 0 Å². The van der Waals surface area contributed by atoms with Crippen LogP contribution in [0.4, 0.5) is 4.79 Å². The summed E-state index contributed by atoms with van der Waals surface area (Å²) in [5.41, 5.74) is 0. The Morgan fingerprint density at radius 3 is 2.63 bits per heavy atom. The Balaban J connectivity index is 2.00. The summed E-state index contributed by atoms with van der Waals surface area (Å²) in [5, 5.41) is 14.2. The van der Waals surface area contributed by atoms with Crippen LogP contribution in [-0.4, -0.2) is 29.7 Å². The van der Waals surface area contributed by atoms with Crippen LogP contribution in [0.15, 0.2) is 0 Å². The van der Waals surface area contributed by atoms with Gasteiger partial charge in [0.05, 0.1) is 0 Å². The van der Waals surface area contributed by atoms with Crippen molar-refractivity contribution in [3.63, 3.8) is 0 Å². The van der Waals surface area contributed by atoms with E-state index < -0.39 is 5.97 Å². The minimum Gasteiger partial charge on any atom is -0.481 e. The molecule has 0 spiro atoms. The van der Waals surface area contributed by atoms with Crippen molar-refractivity contribution in [2.45, 2.75) is 64.3 Å². The summed E-state index contributed by atoms with van der Waals surface area (Å²) in [5.74, 6) is 0.00139. The van der Waals surface area contributed by atoms with Crippen LogP contribution in [-0.2, 0) is 4.79 Å². The van der Waals surface area contributed by atoms with Gasteiger partial charge in [-0.1, -0.05) is 25.7 Å². The largest absolute Gasteiger partial charge is 0.481 e. The molecule has 0 aromatic rings. The third-order valence-electron chi connectivity index (χ3n) is 3.72. The van der Waals surface area contributed by atoms with E-state index in [0.29, 0.717) is 12.8 Å². The Kier molecular flexibility index (Phi) is 7.30. The first-order chi connectivity index (χ1) is 9.08. The van der Waals surface area contributed by atoms with Crippen molar-refractivity contribution in [3.8, 4) is 0 Å². The molecule has 0 heterocycles. The topological polar surface area (TPSA) is 78.4 Å². The molecule has 0 radical (unpaired) electrons. The van der Waals surface area contributed by atoms with Crippen LogP contribution in [0.25, 0.3) is 0 Å². The molecule has 1 saturated carbocycles. The summed E-state index contributed by atoms with van der Waals surface area (Å²) < 4.78 is 0. The number of amides is 2. The van der Waals surface area contributed by atoms with Gasteiger partial charge in [0.2, 0.25) is 0 Å². The van der Waals surface area contributed by atoms with Gasteiger partial charge >= 0.3 is 12.0 Å². The fraction of sp³-hybridized carbons (Fsp3) is 0.857. The lowest BCUT2D eigenvalue weighted by Gasteiger charge is -2.15. The first kappa shape index (κ1) is 15.8. The van der Waals surface area contributed by atoms with Crippen LogP contribution >= 0.6 is 0 Å². The highest BCUT2D eigenvalue weighted by molar-refractivity contribution is 5.74. The van der Waals surface area contributed by atoms with Crippen molar-refractivity contribution in [2.75, 3.05) is 6.54 Å². The van der Waals surface area contributed by atoms with Gasteiger partial charge in [-0.05, 0) is 32.1 Å². The number of hydrogen-bond donors (Lipinski definition) is 3. The van der Waals surface area contributed by atoms with Gasteiger partial charge in [-0.2, -0.15) is 0 Å². The Hall–Kier alpha value is -1.26. The lowest BCUT2D eigenvalue weighted by atomic mass is 10.0. The second-order valence-electron chi connectivity index (χ2n) is 5.53. The highest BCUT2D eigenvalue weighted by atomic mass is 16.4. The first-order valence-corrected chi connectivity index (χ1v) is 7.34. The zero-order valence-corrected chi connectivity index (χ0v) is 11.8. The van der Waals surface area contributed by atoms with Crippen LogP contribution in [0.2, 0.25) is 0 Å². The van der Waals surface area contributed by atoms with Gasteiger partial charge in [-0.15, -0.1) is 0 Å². The van der Waals surface area contributed by atoms with Crippen molar-refractivity contribution in [1.82, 2.24) is 10.6 Å². The highest BCUT2D eigenvalue weighted by Gasteiger charge is 2.15. The number of aliphatic carboxylic acids is 1. The maximum atomic E-state index is 11.6. The summed E-state index contributed by atoms with van der Waals surface area (Å²) in [6.45, 7) is 2.64. The molecular weight excluding hydrogens is 244 g/mol. The lowest BCUT2D eigenvalue weighted by Crippen LogP contribution is -2.41. The average molecular weight is 270 g/mol. The standard InChI is InChI=1S/C14H26N2O3/c1-11(5-4-8-13(17)18)16-14(19)15-10-9-12-6-2-3-7-12/h11-12H,2-10H2,1H3,(H,17,18)(H2,15,16,19). The fourth-order valence-electron chi connectivity index (χ4n) is 2.60. The van der Waals surface area contributed by atoms with Gasteiger partial charge in [-0.3, -0.25) is 4.79 Å². The molecule has 19 heavy (non-hydrogen) atoms. The van der Waals surface area contributed by atoms with Gasteiger partial charge in [-0.25, -0.2) is 4.79 Å². The predicted molar refractivity (Wildman–Crippen MR) is 74.1 cm³/mol. The number of hydrogen-bond acceptors (Lipinski definition) is 2. The molecule has 1 aliphatic carbocycles. The molecule has 1 atom stereocenters. The van der Waals surface area contributed by atoms with E-state index in [0.717, 1.165) is 18.9 Å². The minimum absolute atomic E-state index is 0.0193. The molecule has 1 unspecified atom stereocenters. The van der Waals surface area contributed by atoms with Crippen molar-refractivity contribution in [3.05, 3.63) is 0 Å². The summed E-state index contributed by atoms with van der Waals surface area (Å²) in [6.07, 6.45) is 7.79. The van der Waals surface area contributed by atoms with E-state index in [4.69, 9.17) is 5.11 Å². The lowest BCUT2D eigenvalue weighted by molar-refractivity contribution is -0.137. The number of carbonyl (C=O) groups excluding carboxylic acids is 1. The van der Waals surface area contributed by atoms with Gasteiger partial charge in [0, 0.05) is 19.0 Å². The Labute approximate surface area is 115 Å². The molecule has 1 aliphatic rings. The summed E-state index contributed by atoms with van der Waals surface area (Å²) in [6, 6.07) is -0.119. The molecule has 0 aliphatic heterocycles. The van der Waals surface area contributed by atoms with Crippen molar-refractivity contribution in [1.29, 1.82) is 0 Å². The highest BCUT2D eigenvalue weighted by Crippen LogP contribution is 2.26. The van der Waals surface area contributed by atoms with E-state index in [1.54, 1.807) is 0 Å². The van der Waals surface area contributed by atoms with Crippen molar-refractivity contribution in [2.24, 2.45) is 5.92 Å². The quantitative estimate of drug-likeness (QED) is 0.634. The van der Waals surface area contributed by atoms with E-state index in [9.17, 15) is 9.59 Å². The SMILES string of the molecule is CC(CCCC(=O)O)NC(=O)NCCC1CCCC1. The Morgan fingerprint density at radius 2 is 2.00 bits per heavy atom. The zero-order chi connectivity index (χ0) is 14.1. The number of carboxylic acid groups (broad SMARTS) is 1. The zero-order valence-electron chi connectivity index (χ0n) is 11.8. The molecule has 0 aromatic carbocycles. The second-order valence-corrected chi connectivity index (χ2v) is 5.53. The van der Waals surface area contributed by atoms with Crippen LogP contribution in [0, 0.1) is 5.92 Å². The Bertz CT molecular complexity index is 288. The number of nitrogens with one attached hydrogen (secondary N) is 2. The average Bonchev–Trinajstić information content (AvgIpc) is 2.81. The molecule has 3 N–H and O–H groups in total. The van der Waals surface area contributed by atoms with E-state index in [2.05, 4.69) is 10.6 Å². The van der Waals surface area contributed by atoms with Crippen LogP contribution in [0.5, 0.6) is 0 Å². The number of urea groups is 1. The maximum absolute atomic E-state index is 11.6. The molecule has 2 amide bonds. The van der Waals surface area contributed by atoms with Gasteiger partial charge in [0.25, 0.3) is 0 Å². The molecule has 110 valence electrons. The van der Waals surface area contributed by atoms with E-state index >= 15 is 0 Å². The van der Waals surface area contributed by atoms with E-state index in [-0.39, 0.29) is 18.5 Å². The van der Waals surface area contributed by atoms with Crippen molar-refractivity contribution >= 4 is 12.0 Å².